The van der Waals surface area contributed by atoms with Gasteiger partial charge in [0, 0.05) is 17.7 Å². The van der Waals surface area contributed by atoms with E-state index in [1.54, 1.807) is 6.92 Å². The van der Waals surface area contributed by atoms with E-state index in [-0.39, 0.29) is 19.0 Å². The highest BCUT2D eigenvalue weighted by molar-refractivity contribution is 5.79. The lowest BCUT2D eigenvalue weighted by Crippen LogP contribution is -2.07. The number of hydrogen-bond acceptors (Lipinski definition) is 7. The Morgan fingerprint density at radius 2 is 1.26 bits per heavy atom. The average molecular weight is 521 g/mol. The predicted octanol–water partition coefficient (Wildman–Crippen LogP) is 6.63. The zero-order chi connectivity index (χ0) is 27.0. The summed E-state index contributed by atoms with van der Waals surface area (Å²) < 4.78 is 16.5. The summed E-state index contributed by atoms with van der Waals surface area (Å²) in [5.74, 6) is 0.977. The molecule has 6 aromatic rings. The van der Waals surface area contributed by atoms with E-state index in [0.29, 0.717) is 30.4 Å². The van der Waals surface area contributed by atoms with Crippen molar-refractivity contribution in [3.8, 4) is 22.9 Å². The van der Waals surface area contributed by atoms with E-state index in [1.807, 2.05) is 97.1 Å². The smallest absolute Gasteiger partial charge is 0.310 e. The first-order chi connectivity index (χ1) is 19.1. The van der Waals surface area contributed by atoms with Crippen LogP contribution in [0.3, 0.4) is 0 Å². The Morgan fingerprint density at radius 3 is 1.77 bits per heavy atom. The zero-order valence-corrected chi connectivity index (χ0v) is 21.5. The molecule has 0 atom stereocenters. The molecule has 0 saturated heterocycles. The van der Waals surface area contributed by atoms with Gasteiger partial charge in [-0.2, -0.15) is 0 Å². The Labute approximate surface area is 225 Å². The molecule has 0 amide bonds. The number of hydrogen-bond donors (Lipinski definition) is 1. The molecule has 1 N–H and O–H groups in total. The quantitative estimate of drug-likeness (QED) is 0.236. The minimum atomic E-state index is -0.236. The van der Waals surface area contributed by atoms with Crippen LogP contribution in [0.25, 0.3) is 45.1 Å². The first-order valence-electron chi connectivity index (χ1n) is 12.8. The lowest BCUT2D eigenvalue weighted by molar-refractivity contribution is -0.142. The van der Waals surface area contributed by atoms with Crippen molar-refractivity contribution in [2.45, 2.75) is 19.8 Å². The van der Waals surface area contributed by atoms with E-state index in [4.69, 9.17) is 18.7 Å². The summed E-state index contributed by atoms with van der Waals surface area (Å²) in [6.07, 6.45) is 0.877. The fraction of sp³-hybridized carbons (Fsp3) is 0.156. The van der Waals surface area contributed by atoms with Crippen LogP contribution < -0.4 is 0 Å². The van der Waals surface area contributed by atoms with Crippen molar-refractivity contribution in [3.05, 3.63) is 108 Å². The standard InChI is InChI=1S/C17H15NO3.C15H13NO2/c1-2-20-16(19)11-12-8-9-14-15(10-12)21-17(18-14)13-6-4-3-5-7-13;17-9-8-11-6-7-13-14(10-11)18-15(16-13)12-4-2-1-3-5-12/h3-10H,2,11H2,1H3;1-7,10,17H,8-9H2. The van der Waals surface area contributed by atoms with Crippen molar-refractivity contribution in [2.24, 2.45) is 0 Å². The minimum absolute atomic E-state index is 0.144. The van der Waals surface area contributed by atoms with Crippen LogP contribution in [0, 0.1) is 0 Å². The first-order valence-corrected chi connectivity index (χ1v) is 12.8. The molecule has 0 bridgehead atoms. The molecule has 196 valence electrons. The molecule has 2 heterocycles. The maximum absolute atomic E-state index is 11.5. The van der Waals surface area contributed by atoms with E-state index in [0.717, 1.165) is 38.9 Å². The van der Waals surface area contributed by atoms with Crippen LogP contribution in [0.4, 0.5) is 0 Å². The molecule has 4 aromatic carbocycles. The molecule has 0 fully saturated rings. The Balaban J connectivity index is 0.000000160. The molecule has 0 saturated carbocycles. The van der Waals surface area contributed by atoms with Gasteiger partial charge in [-0.25, -0.2) is 9.97 Å². The van der Waals surface area contributed by atoms with Crippen LogP contribution in [0.5, 0.6) is 0 Å². The monoisotopic (exact) mass is 520 g/mol. The second kappa shape index (κ2) is 12.2. The molecular formula is C32H28N2O5. The van der Waals surface area contributed by atoms with Crippen molar-refractivity contribution in [1.82, 2.24) is 9.97 Å². The number of aliphatic hydroxyl groups excluding tert-OH is 1. The number of nitrogens with zero attached hydrogens (tertiary/aromatic N) is 2. The van der Waals surface area contributed by atoms with Crippen molar-refractivity contribution in [1.29, 1.82) is 0 Å². The predicted molar refractivity (Wildman–Crippen MR) is 150 cm³/mol. The van der Waals surface area contributed by atoms with Crippen LogP contribution in [0.1, 0.15) is 18.1 Å². The molecule has 2 aromatic heterocycles. The second-order valence-corrected chi connectivity index (χ2v) is 8.83. The highest BCUT2D eigenvalue weighted by Gasteiger charge is 2.11. The molecule has 39 heavy (non-hydrogen) atoms. The summed E-state index contributed by atoms with van der Waals surface area (Å²) in [5, 5.41) is 8.93. The number of fused-ring (bicyclic) bond motifs is 2. The van der Waals surface area contributed by atoms with Gasteiger partial charge in [-0.15, -0.1) is 0 Å². The van der Waals surface area contributed by atoms with Crippen LogP contribution >= 0.6 is 0 Å². The molecule has 0 spiro atoms. The molecule has 0 aliphatic heterocycles. The first kappa shape index (κ1) is 25.9. The molecule has 0 unspecified atom stereocenters. The maximum Gasteiger partial charge on any atom is 0.310 e. The molecule has 7 heteroatoms. The van der Waals surface area contributed by atoms with Gasteiger partial charge in [0.15, 0.2) is 11.2 Å². The largest absolute Gasteiger partial charge is 0.466 e. The number of carbonyl (C=O) groups is 1. The molecule has 6 rings (SSSR count). The van der Waals surface area contributed by atoms with E-state index in [9.17, 15) is 4.79 Å². The van der Waals surface area contributed by atoms with Gasteiger partial charge in [0.05, 0.1) is 13.0 Å². The molecule has 0 aliphatic rings. The number of aromatic nitrogens is 2. The molecule has 0 radical (unpaired) electrons. The third kappa shape index (κ3) is 6.40. The third-order valence-corrected chi connectivity index (χ3v) is 6.00. The Bertz CT molecular complexity index is 1670. The number of carbonyl (C=O) groups excluding carboxylic acids is 1. The van der Waals surface area contributed by atoms with Crippen LogP contribution in [-0.2, 0) is 22.4 Å². The van der Waals surface area contributed by atoms with Gasteiger partial charge in [-0.1, -0.05) is 48.5 Å². The minimum Gasteiger partial charge on any atom is -0.466 e. The van der Waals surface area contributed by atoms with Crippen molar-refractivity contribution in [2.75, 3.05) is 13.2 Å². The zero-order valence-electron chi connectivity index (χ0n) is 21.5. The second-order valence-electron chi connectivity index (χ2n) is 8.83. The summed E-state index contributed by atoms with van der Waals surface area (Å²) in [6.45, 7) is 2.33. The summed E-state index contributed by atoms with van der Waals surface area (Å²) in [7, 11) is 0. The number of esters is 1. The van der Waals surface area contributed by atoms with Gasteiger partial charge in [-0.05, 0) is 73.0 Å². The van der Waals surface area contributed by atoms with Crippen LogP contribution in [0.15, 0.2) is 106 Å². The van der Waals surface area contributed by atoms with Gasteiger partial charge in [0.25, 0.3) is 0 Å². The number of benzene rings is 4. The van der Waals surface area contributed by atoms with Crippen molar-refractivity contribution < 1.29 is 23.5 Å². The van der Waals surface area contributed by atoms with E-state index in [1.165, 1.54) is 0 Å². The Kier molecular flexibility index (Phi) is 8.09. The third-order valence-electron chi connectivity index (χ3n) is 6.00. The number of aliphatic hydroxyl groups is 1. The highest BCUT2D eigenvalue weighted by atomic mass is 16.5. The summed E-state index contributed by atoms with van der Waals surface area (Å²) >= 11 is 0. The lowest BCUT2D eigenvalue weighted by atomic mass is 10.1. The van der Waals surface area contributed by atoms with Gasteiger partial charge >= 0.3 is 5.97 Å². The summed E-state index contributed by atoms with van der Waals surface area (Å²) in [4.78, 5) is 20.4. The number of rotatable bonds is 7. The fourth-order valence-corrected chi connectivity index (χ4v) is 4.12. The Morgan fingerprint density at radius 1 is 0.744 bits per heavy atom. The van der Waals surface area contributed by atoms with E-state index >= 15 is 0 Å². The summed E-state index contributed by atoms with van der Waals surface area (Å²) in [5.41, 5.74) is 6.88. The molecular weight excluding hydrogens is 492 g/mol. The summed E-state index contributed by atoms with van der Waals surface area (Å²) in [6, 6.07) is 31.0. The number of ether oxygens (including phenoxy) is 1. The van der Waals surface area contributed by atoms with Crippen LogP contribution in [-0.4, -0.2) is 34.3 Å². The lowest BCUT2D eigenvalue weighted by Gasteiger charge is -2.01. The van der Waals surface area contributed by atoms with Gasteiger partial charge < -0.3 is 18.7 Å². The SMILES string of the molecule is CCOC(=O)Cc1ccc2nc(-c3ccccc3)oc2c1.OCCc1ccc2nc(-c3ccccc3)oc2c1. The van der Waals surface area contributed by atoms with E-state index < -0.39 is 0 Å². The van der Waals surface area contributed by atoms with Gasteiger partial charge in [0.2, 0.25) is 11.8 Å². The highest BCUT2D eigenvalue weighted by Crippen LogP contribution is 2.26. The maximum atomic E-state index is 11.5. The Hall–Kier alpha value is -4.75. The molecule has 0 aliphatic carbocycles. The van der Waals surface area contributed by atoms with Gasteiger partial charge in [0.1, 0.15) is 11.0 Å². The normalized spacial score (nSPS) is 10.8. The fourth-order valence-electron chi connectivity index (χ4n) is 4.12. The number of oxazole rings is 2. The topological polar surface area (TPSA) is 98.6 Å². The van der Waals surface area contributed by atoms with Crippen LogP contribution in [0.2, 0.25) is 0 Å². The van der Waals surface area contributed by atoms with Gasteiger partial charge in [-0.3, -0.25) is 4.79 Å². The van der Waals surface area contributed by atoms with Crippen molar-refractivity contribution in [3.63, 3.8) is 0 Å². The molecule has 7 nitrogen and oxygen atoms in total. The average Bonchev–Trinajstić information content (AvgIpc) is 3.59. The van der Waals surface area contributed by atoms with E-state index in [2.05, 4.69) is 9.97 Å². The van der Waals surface area contributed by atoms with Crippen molar-refractivity contribution >= 4 is 28.2 Å².